The van der Waals surface area contributed by atoms with Gasteiger partial charge in [0.2, 0.25) is 0 Å². The van der Waals surface area contributed by atoms with Crippen LogP contribution in [0, 0.1) is 0 Å². The molecule has 0 spiro atoms. The predicted octanol–water partition coefficient (Wildman–Crippen LogP) is 4.99. The second-order valence-electron chi connectivity index (χ2n) is 5.10. The first-order valence-electron chi connectivity index (χ1n) is 6.63. The molecule has 0 heterocycles. The van der Waals surface area contributed by atoms with Gasteiger partial charge in [-0.3, -0.25) is 4.79 Å². The normalized spacial score (nSPS) is 16.4. The van der Waals surface area contributed by atoms with Crippen molar-refractivity contribution in [3.8, 4) is 0 Å². The standard InChI is InChI=1S/C17H9F5O/c18-16(19)13(11-7-4-8-12(9-11)17(20,21)22)14(16)15(23)10-5-2-1-3-6-10/h1-9H. The molecular formula is C17H9F5O. The van der Waals surface area contributed by atoms with Crippen molar-refractivity contribution in [2.75, 3.05) is 0 Å². The number of ketones is 1. The summed E-state index contributed by atoms with van der Waals surface area (Å²) in [5.41, 5.74) is -2.63. The van der Waals surface area contributed by atoms with Crippen molar-refractivity contribution in [3.63, 3.8) is 0 Å². The smallest absolute Gasteiger partial charge is 0.289 e. The monoisotopic (exact) mass is 324 g/mol. The van der Waals surface area contributed by atoms with Crippen molar-refractivity contribution in [1.29, 1.82) is 0 Å². The molecule has 0 atom stereocenters. The van der Waals surface area contributed by atoms with E-state index in [0.717, 1.165) is 18.2 Å². The second-order valence-corrected chi connectivity index (χ2v) is 5.10. The lowest BCUT2D eigenvalue weighted by atomic mass is 10.1. The minimum Gasteiger partial charge on any atom is -0.289 e. The number of carbonyl (C=O) groups is 1. The maximum absolute atomic E-state index is 13.9. The molecule has 0 bridgehead atoms. The van der Waals surface area contributed by atoms with Crippen LogP contribution in [-0.2, 0) is 6.18 Å². The summed E-state index contributed by atoms with van der Waals surface area (Å²) in [4.78, 5) is 12.1. The molecule has 1 aliphatic carbocycles. The van der Waals surface area contributed by atoms with E-state index in [2.05, 4.69) is 0 Å². The van der Waals surface area contributed by atoms with Gasteiger partial charge in [0.1, 0.15) is 0 Å². The maximum atomic E-state index is 13.9. The van der Waals surface area contributed by atoms with Crippen molar-refractivity contribution in [2.45, 2.75) is 12.1 Å². The van der Waals surface area contributed by atoms with Gasteiger partial charge in [0, 0.05) is 11.1 Å². The van der Waals surface area contributed by atoms with E-state index in [1.165, 1.54) is 24.3 Å². The number of hydrogen-bond acceptors (Lipinski definition) is 1. The van der Waals surface area contributed by atoms with Crippen molar-refractivity contribution in [3.05, 3.63) is 76.9 Å². The number of Topliss-reactive ketones (excluding diaryl/α,β-unsaturated/α-hetero) is 1. The highest BCUT2D eigenvalue weighted by atomic mass is 19.4. The number of carbonyl (C=O) groups excluding carboxylic acids is 1. The minimum atomic E-state index is -4.63. The van der Waals surface area contributed by atoms with E-state index in [1.807, 2.05) is 0 Å². The summed E-state index contributed by atoms with van der Waals surface area (Å²) in [7, 11) is 0. The SMILES string of the molecule is O=C(C1=C(c2cccc(C(F)(F)F)c2)C1(F)F)c1ccccc1. The molecule has 1 nitrogen and oxygen atoms in total. The van der Waals surface area contributed by atoms with Crippen molar-refractivity contribution in [1.82, 2.24) is 0 Å². The number of allylic oxidation sites excluding steroid dienone is 2. The van der Waals surface area contributed by atoms with Gasteiger partial charge in [-0.05, 0) is 17.7 Å². The Hall–Kier alpha value is -2.50. The van der Waals surface area contributed by atoms with Gasteiger partial charge in [0.05, 0.1) is 11.1 Å². The molecule has 6 heteroatoms. The summed E-state index contributed by atoms with van der Waals surface area (Å²) < 4.78 is 66.0. The van der Waals surface area contributed by atoms with Crippen molar-refractivity contribution in [2.24, 2.45) is 0 Å². The molecule has 118 valence electrons. The van der Waals surface area contributed by atoms with Crippen LogP contribution in [0.1, 0.15) is 21.5 Å². The molecule has 3 rings (SSSR count). The van der Waals surface area contributed by atoms with Gasteiger partial charge in [-0.2, -0.15) is 22.0 Å². The number of hydrogen-bond donors (Lipinski definition) is 0. The van der Waals surface area contributed by atoms with Crippen LogP contribution in [0.5, 0.6) is 0 Å². The number of benzene rings is 2. The molecule has 1 aliphatic rings. The van der Waals surface area contributed by atoms with E-state index in [-0.39, 0.29) is 11.1 Å². The third-order valence-corrected chi connectivity index (χ3v) is 3.56. The van der Waals surface area contributed by atoms with Crippen LogP contribution in [0.4, 0.5) is 22.0 Å². The van der Waals surface area contributed by atoms with Gasteiger partial charge >= 0.3 is 12.1 Å². The van der Waals surface area contributed by atoms with Crippen LogP contribution in [0.15, 0.2) is 60.2 Å². The Morgan fingerprint density at radius 3 is 2.17 bits per heavy atom. The Labute approximate surface area is 128 Å². The van der Waals surface area contributed by atoms with E-state index in [0.29, 0.717) is 6.07 Å². The molecule has 0 unspecified atom stereocenters. The van der Waals surface area contributed by atoms with E-state index >= 15 is 0 Å². The number of alkyl halides is 5. The quantitative estimate of drug-likeness (QED) is 0.574. The Kier molecular flexibility index (Phi) is 3.35. The fourth-order valence-electron chi connectivity index (χ4n) is 2.40. The summed E-state index contributed by atoms with van der Waals surface area (Å²) in [6.45, 7) is 0. The first-order valence-corrected chi connectivity index (χ1v) is 6.63. The molecule has 0 amide bonds. The largest absolute Gasteiger partial charge is 0.416 e. The lowest BCUT2D eigenvalue weighted by Crippen LogP contribution is -2.07. The molecule has 2 aromatic rings. The average molecular weight is 324 g/mol. The summed E-state index contributed by atoms with van der Waals surface area (Å²) in [6, 6.07) is 11.1. The Balaban J connectivity index is 2.02. The molecule has 0 saturated heterocycles. The predicted molar refractivity (Wildman–Crippen MR) is 74.1 cm³/mol. The fraction of sp³-hybridized carbons (Fsp3) is 0.118. The van der Waals surface area contributed by atoms with Crippen molar-refractivity contribution < 1.29 is 26.7 Å². The first kappa shape index (κ1) is 15.4. The lowest BCUT2D eigenvalue weighted by Gasteiger charge is -2.07. The first-order chi connectivity index (χ1) is 10.7. The summed E-state index contributed by atoms with van der Waals surface area (Å²) >= 11 is 0. The van der Waals surface area contributed by atoms with Gasteiger partial charge in [0.15, 0.2) is 5.78 Å². The highest BCUT2D eigenvalue weighted by Gasteiger charge is 2.60. The highest BCUT2D eigenvalue weighted by molar-refractivity contribution is 6.23. The minimum absolute atomic E-state index is 0.0733. The summed E-state index contributed by atoms with van der Waals surface area (Å²) in [5.74, 6) is -4.38. The fourth-order valence-corrected chi connectivity index (χ4v) is 2.40. The van der Waals surface area contributed by atoms with Gasteiger partial charge in [-0.1, -0.05) is 42.5 Å². The van der Waals surface area contributed by atoms with Gasteiger partial charge in [-0.15, -0.1) is 0 Å². The summed E-state index contributed by atoms with van der Waals surface area (Å²) in [5, 5.41) is 0. The van der Waals surface area contributed by atoms with Crippen LogP contribution >= 0.6 is 0 Å². The molecule has 0 N–H and O–H groups in total. The second kappa shape index (κ2) is 5.01. The molecule has 0 fully saturated rings. The number of rotatable bonds is 3. The van der Waals surface area contributed by atoms with Crippen LogP contribution in [0.2, 0.25) is 0 Å². The lowest BCUT2D eigenvalue weighted by molar-refractivity contribution is -0.137. The van der Waals surface area contributed by atoms with Crippen LogP contribution in [-0.4, -0.2) is 11.7 Å². The zero-order chi connectivity index (χ0) is 16.8. The van der Waals surface area contributed by atoms with Gasteiger partial charge < -0.3 is 0 Å². The average Bonchev–Trinajstić information content (AvgIpc) is 3.09. The highest BCUT2D eigenvalue weighted by Crippen LogP contribution is 2.56. The van der Waals surface area contributed by atoms with Gasteiger partial charge in [0.25, 0.3) is 0 Å². The Morgan fingerprint density at radius 2 is 1.57 bits per heavy atom. The Morgan fingerprint density at radius 1 is 0.913 bits per heavy atom. The maximum Gasteiger partial charge on any atom is 0.416 e. The summed E-state index contributed by atoms with van der Waals surface area (Å²) in [6.07, 6.45) is -4.63. The molecular weight excluding hydrogens is 315 g/mol. The molecule has 0 saturated carbocycles. The van der Waals surface area contributed by atoms with Gasteiger partial charge in [-0.25, -0.2) is 0 Å². The third kappa shape index (κ3) is 2.65. The zero-order valence-electron chi connectivity index (χ0n) is 11.5. The Bertz CT molecular complexity index is 803. The molecule has 0 aliphatic heterocycles. The van der Waals surface area contributed by atoms with Crippen LogP contribution < -0.4 is 0 Å². The molecule has 0 radical (unpaired) electrons. The van der Waals surface area contributed by atoms with E-state index in [1.54, 1.807) is 6.07 Å². The number of halogens is 5. The topological polar surface area (TPSA) is 17.1 Å². The molecule has 2 aromatic carbocycles. The van der Waals surface area contributed by atoms with E-state index in [4.69, 9.17) is 0 Å². The zero-order valence-corrected chi connectivity index (χ0v) is 11.5. The third-order valence-electron chi connectivity index (χ3n) is 3.56. The molecule has 23 heavy (non-hydrogen) atoms. The van der Waals surface area contributed by atoms with E-state index < -0.39 is 34.6 Å². The van der Waals surface area contributed by atoms with Crippen LogP contribution in [0.3, 0.4) is 0 Å². The van der Waals surface area contributed by atoms with Crippen LogP contribution in [0.25, 0.3) is 5.57 Å². The van der Waals surface area contributed by atoms with Crippen molar-refractivity contribution >= 4 is 11.4 Å². The van der Waals surface area contributed by atoms with E-state index in [9.17, 15) is 26.7 Å². The molecule has 0 aromatic heterocycles.